The van der Waals surface area contributed by atoms with Crippen LogP contribution in [0.5, 0.6) is 0 Å². The molecule has 17 heavy (non-hydrogen) atoms. The maximum Gasteiger partial charge on any atom is 0.148 e. The number of ether oxygens (including phenoxy) is 2. The highest BCUT2D eigenvalue weighted by Crippen LogP contribution is 2.11. The fourth-order valence-electron chi connectivity index (χ4n) is 1.28. The van der Waals surface area contributed by atoms with Gasteiger partial charge in [-0.3, -0.25) is 0 Å². The zero-order chi connectivity index (χ0) is 13.5. The van der Waals surface area contributed by atoms with E-state index in [0.717, 1.165) is 0 Å². The molecular weight excluding hydrogens is 232 g/mol. The van der Waals surface area contributed by atoms with Gasteiger partial charge in [-0.25, -0.2) is 0 Å². The van der Waals surface area contributed by atoms with Gasteiger partial charge in [0.05, 0.1) is 6.10 Å². The molecule has 0 saturated heterocycles. The molecule has 0 heterocycles. The van der Waals surface area contributed by atoms with E-state index in [2.05, 4.69) is 45.0 Å². The Kier molecular flexibility index (Phi) is 7.72. The van der Waals surface area contributed by atoms with E-state index in [-0.39, 0.29) is 6.79 Å². The fourth-order valence-corrected chi connectivity index (χ4v) is 1.86. The van der Waals surface area contributed by atoms with Crippen molar-refractivity contribution in [3.63, 3.8) is 0 Å². The molecule has 0 amide bonds. The highest BCUT2D eigenvalue weighted by molar-refractivity contribution is 6.83. The Morgan fingerprint density at radius 2 is 1.82 bits per heavy atom. The van der Waals surface area contributed by atoms with Crippen LogP contribution in [0.2, 0.25) is 19.6 Å². The van der Waals surface area contributed by atoms with E-state index in [4.69, 9.17) is 9.47 Å². The molecule has 0 aromatic rings. The summed E-state index contributed by atoms with van der Waals surface area (Å²) in [6.07, 6.45) is -0.299. The first-order valence-electron chi connectivity index (χ1n) is 6.07. The van der Waals surface area contributed by atoms with Crippen LogP contribution in [0.3, 0.4) is 0 Å². The summed E-state index contributed by atoms with van der Waals surface area (Å²) in [7, 11) is 0.129. The molecule has 0 aliphatic carbocycles. The van der Waals surface area contributed by atoms with Crippen molar-refractivity contribution < 1.29 is 14.6 Å². The van der Waals surface area contributed by atoms with Crippen molar-refractivity contribution >= 4 is 8.07 Å². The first-order chi connectivity index (χ1) is 7.76. The van der Waals surface area contributed by atoms with Gasteiger partial charge in [0.15, 0.2) is 0 Å². The van der Waals surface area contributed by atoms with E-state index >= 15 is 0 Å². The van der Waals surface area contributed by atoms with Gasteiger partial charge in [0.2, 0.25) is 0 Å². The molecule has 2 atom stereocenters. The van der Waals surface area contributed by atoms with Crippen molar-refractivity contribution in [3.05, 3.63) is 0 Å². The van der Waals surface area contributed by atoms with Crippen molar-refractivity contribution in [2.24, 2.45) is 5.92 Å². The van der Waals surface area contributed by atoms with Crippen molar-refractivity contribution in [3.8, 4) is 11.5 Å². The van der Waals surface area contributed by atoms with Gasteiger partial charge in [0, 0.05) is 7.11 Å². The molecular formula is C13H26O3Si. The first-order valence-corrected chi connectivity index (χ1v) is 9.57. The lowest BCUT2D eigenvalue weighted by Crippen LogP contribution is -2.30. The summed E-state index contributed by atoms with van der Waals surface area (Å²) in [5, 5.41) is 10.0. The molecule has 100 valence electrons. The van der Waals surface area contributed by atoms with Gasteiger partial charge in [-0.05, 0) is 12.3 Å². The number of rotatable bonds is 6. The average Bonchev–Trinajstić information content (AvgIpc) is 2.14. The summed E-state index contributed by atoms with van der Waals surface area (Å²) < 4.78 is 10.3. The van der Waals surface area contributed by atoms with Crippen LogP contribution >= 0.6 is 0 Å². The second-order valence-electron chi connectivity index (χ2n) is 5.71. The Morgan fingerprint density at radius 3 is 2.24 bits per heavy atom. The smallest absolute Gasteiger partial charge is 0.148 e. The summed E-state index contributed by atoms with van der Waals surface area (Å²) in [5.41, 5.74) is 3.23. The van der Waals surface area contributed by atoms with Crippen molar-refractivity contribution in [1.82, 2.24) is 0 Å². The van der Waals surface area contributed by atoms with Gasteiger partial charge in [-0.1, -0.05) is 39.4 Å². The average molecular weight is 258 g/mol. The molecule has 3 nitrogen and oxygen atoms in total. The third-order valence-corrected chi connectivity index (χ3v) is 2.91. The van der Waals surface area contributed by atoms with Crippen LogP contribution in [0.4, 0.5) is 0 Å². The minimum Gasteiger partial charge on any atom is -0.389 e. The molecule has 4 heteroatoms. The van der Waals surface area contributed by atoms with Gasteiger partial charge >= 0.3 is 0 Å². The topological polar surface area (TPSA) is 38.7 Å². The normalized spacial score (nSPS) is 15.3. The predicted octanol–water partition coefficient (Wildman–Crippen LogP) is 2.26. The third kappa shape index (κ3) is 9.37. The van der Waals surface area contributed by atoms with E-state index in [9.17, 15) is 5.11 Å². The third-order valence-electron chi connectivity index (χ3n) is 2.02. The van der Waals surface area contributed by atoms with E-state index in [1.165, 1.54) is 0 Å². The van der Waals surface area contributed by atoms with E-state index in [1.807, 2.05) is 0 Å². The molecule has 0 rings (SSSR count). The Morgan fingerprint density at radius 1 is 1.24 bits per heavy atom. The molecule has 0 spiro atoms. The summed E-state index contributed by atoms with van der Waals surface area (Å²) in [5.74, 6) is 3.48. The van der Waals surface area contributed by atoms with Gasteiger partial charge in [-0.2, -0.15) is 0 Å². The second kappa shape index (κ2) is 7.88. The summed E-state index contributed by atoms with van der Waals surface area (Å²) in [4.78, 5) is 0. The molecule has 0 radical (unpaired) electrons. The fraction of sp³-hybridized carbons (Fsp3) is 0.846. The van der Waals surface area contributed by atoms with Gasteiger partial charge in [-0.15, -0.1) is 5.54 Å². The number of hydrogen-bond acceptors (Lipinski definition) is 3. The van der Waals surface area contributed by atoms with Gasteiger partial charge < -0.3 is 14.6 Å². The largest absolute Gasteiger partial charge is 0.389 e. The van der Waals surface area contributed by atoms with Crippen molar-refractivity contribution in [2.75, 3.05) is 13.9 Å². The van der Waals surface area contributed by atoms with Crippen LogP contribution in [0.1, 0.15) is 20.3 Å². The van der Waals surface area contributed by atoms with Crippen LogP contribution in [0, 0.1) is 17.4 Å². The van der Waals surface area contributed by atoms with Gasteiger partial charge in [0.25, 0.3) is 0 Å². The Balaban J connectivity index is 4.56. The number of aliphatic hydroxyl groups is 1. The van der Waals surface area contributed by atoms with Crippen molar-refractivity contribution in [1.29, 1.82) is 0 Å². The standard InChI is InChI=1S/C13H26O3Si/c1-11(2)9-12(14)13(16-10-15-3)7-8-17(4,5)6/h11-14H,9-10H2,1-6H3/t12-,13-/m0/s1. The monoisotopic (exact) mass is 258 g/mol. The van der Waals surface area contributed by atoms with E-state index < -0.39 is 20.3 Å². The zero-order valence-electron chi connectivity index (χ0n) is 11.9. The maximum atomic E-state index is 10.0. The zero-order valence-corrected chi connectivity index (χ0v) is 12.9. The van der Waals surface area contributed by atoms with Crippen LogP contribution in [-0.4, -0.2) is 39.3 Å². The van der Waals surface area contributed by atoms with E-state index in [0.29, 0.717) is 12.3 Å². The molecule has 0 aromatic heterocycles. The van der Waals surface area contributed by atoms with Crippen LogP contribution in [0.15, 0.2) is 0 Å². The second-order valence-corrected chi connectivity index (χ2v) is 10.5. The molecule has 0 unspecified atom stereocenters. The van der Waals surface area contributed by atoms with E-state index in [1.54, 1.807) is 7.11 Å². The Hall–Kier alpha value is -0.343. The first kappa shape index (κ1) is 16.7. The van der Waals surface area contributed by atoms with Gasteiger partial charge in [0.1, 0.15) is 21.0 Å². The minimum atomic E-state index is -1.44. The molecule has 0 aliphatic heterocycles. The lowest BCUT2D eigenvalue weighted by atomic mass is 10.0. The highest BCUT2D eigenvalue weighted by atomic mass is 28.3. The SMILES string of the molecule is COCO[C@@H](C#C[Si](C)(C)C)[C@@H](O)CC(C)C. The quantitative estimate of drug-likeness (QED) is 0.451. The molecule has 0 bridgehead atoms. The Labute approximate surface area is 107 Å². The van der Waals surface area contributed by atoms with Crippen molar-refractivity contribution in [2.45, 2.75) is 52.1 Å². The molecule has 0 aliphatic rings. The molecule has 0 fully saturated rings. The summed E-state index contributed by atoms with van der Waals surface area (Å²) >= 11 is 0. The number of methoxy groups -OCH3 is 1. The van der Waals surface area contributed by atoms with Crippen LogP contribution < -0.4 is 0 Å². The van der Waals surface area contributed by atoms with Crippen LogP contribution in [0.25, 0.3) is 0 Å². The highest BCUT2D eigenvalue weighted by Gasteiger charge is 2.19. The predicted molar refractivity (Wildman–Crippen MR) is 73.3 cm³/mol. The molecule has 0 aromatic carbocycles. The summed E-state index contributed by atoms with van der Waals surface area (Å²) in [6.45, 7) is 10.8. The maximum absolute atomic E-state index is 10.0. The molecule has 0 saturated carbocycles. The number of hydrogen-bond donors (Lipinski definition) is 1. The Bertz CT molecular complexity index is 260. The number of aliphatic hydroxyl groups excluding tert-OH is 1. The molecule has 1 N–H and O–H groups in total. The summed E-state index contributed by atoms with van der Waals surface area (Å²) in [6, 6.07) is 0. The van der Waals surface area contributed by atoms with Crippen LogP contribution in [-0.2, 0) is 9.47 Å². The lowest BCUT2D eigenvalue weighted by molar-refractivity contribution is -0.0926. The lowest BCUT2D eigenvalue weighted by Gasteiger charge is -2.20. The minimum absolute atomic E-state index is 0.167.